The van der Waals surface area contributed by atoms with E-state index in [-0.39, 0.29) is 12.1 Å². The van der Waals surface area contributed by atoms with Gasteiger partial charge in [-0.25, -0.2) is 0 Å². The molecule has 0 saturated heterocycles. The fraction of sp³-hybridized carbons (Fsp3) is 0.357. The molecule has 0 amide bonds. The number of H-pyrrole nitrogens is 1. The molecule has 2 aromatic rings. The molecule has 0 bridgehead atoms. The van der Waals surface area contributed by atoms with Crippen LogP contribution in [0, 0.1) is 13.8 Å². The number of aromatic amines is 1. The van der Waals surface area contributed by atoms with Gasteiger partial charge in [-0.1, -0.05) is 11.6 Å². The molecule has 114 valence electrons. The quantitative estimate of drug-likeness (QED) is 0.885. The lowest BCUT2D eigenvalue weighted by Gasteiger charge is -2.12. The largest absolute Gasteiger partial charge is 0.321 e. The van der Waals surface area contributed by atoms with E-state index in [1.165, 1.54) is 14.1 Å². The van der Waals surface area contributed by atoms with E-state index >= 15 is 0 Å². The second-order valence-electron chi connectivity index (χ2n) is 5.28. The van der Waals surface area contributed by atoms with Crippen molar-refractivity contribution in [1.29, 1.82) is 0 Å². The summed E-state index contributed by atoms with van der Waals surface area (Å²) >= 11 is 0. The fourth-order valence-corrected chi connectivity index (χ4v) is 2.76. The molecule has 2 rings (SSSR count). The van der Waals surface area contributed by atoms with Gasteiger partial charge in [0.05, 0.1) is 5.52 Å². The summed E-state index contributed by atoms with van der Waals surface area (Å²) in [5.41, 5.74) is 2.97. The minimum absolute atomic E-state index is 0.0429. The Hall–Kier alpha value is -1.70. The normalized spacial score (nSPS) is 12.2. The van der Waals surface area contributed by atoms with E-state index < -0.39 is 10.2 Å². The first-order valence-corrected chi connectivity index (χ1v) is 7.95. The first-order valence-electron chi connectivity index (χ1n) is 6.51. The standard InChI is InChI=1S/C14H19N3O3S/c1-9-5-10(2)13-11(6-9)7-12(14(18)16-13)8-15-21(19,20)17(3)4/h5-7,15H,8H2,1-4H3,(H,16,18). The zero-order valence-corrected chi connectivity index (χ0v) is 13.3. The number of nitrogens with one attached hydrogen (secondary N) is 2. The summed E-state index contributed by atoms with van der Waals surface area (Å²) in [7, 11) is -0.692. The highest BCUT2D eigenvalue weighted by Crippen LogP contribution is 2.17. The van der Waals surface area contributed by atoms with Crippen molar-refractivity contribution in [3.8, 4) is 0 Å². The van der Waals surface area contributed by atoms with Gasteiger partial charge in [-0.2, -0.15) is 17.4 Å². The van der Waals surface area contributed by atoms with Gasteiger partial charge in [-0.05, 0) is 36.9 Å². The molecule has 0 aliphatic carbocycles. The maximum absolute atomic E-state index is 12.1. The number of aromatic nitrogens is 1. The SMILES string of the molecule is Cc1cc(C)c2[nH]c(=O)c(CNS(=O)(=O)N(C)C)cc2c1. The van der Waals surface area contributed by atoms with Crippen molar-refractivity contribution in [1.82, 2.24) is 14.0 Å². The number of benzene rings is 1. The number of nitrogens with zero attached hydrogens (tertiary/aromatic N) is 1. The monoisotopic (exact) mass is 309 g/mol. The minimum Gasteiger partial charge on any atom is -0.321 e. The van der Waals surface area contributed by atoms with E-state index in [4.69, 9.17) is 0 Å². The highest BCUT2D eigenvalue weighted by molar-refractivity contribution is 7.87. The summed E-state index contributed by atoms with van der Waals surface area (Å²) in [6, 6.07) is 5.68. The highest BCUT2D eigenvalue weighted by Gasteiger charge is 2.14. The van der Waals surface area contributed by atoms with Crippen LogP contribution in [0.15, 0.2) is 23.0 Å². The van der Waals surface area contributed by atoms with Crippen molar-refractivity contribution in [3.63, 3.8) is 0 Å². The molecule has 0 atom stereocenters. The third kappa shape index (κ3) is 3.31. The predicted octanol–water partition coefficient (Wildman–Crippen LogP) is 1.04. The Morgan fingerprint density at radius 1 is 1.19 bits per heavy atom. The van der Waals surface area contributed by atoms with Crippen LogP contribution in [-0.2, 0) is 16.8 Å². The van der Waals surface area contributed by atoms with Crippen molar-refractivity contribution in [2.24, 2.45) is 0 Å². The van der Waals surface area contributed by atoms with Crippen molar-refractivity contribution in [2.75, 3.05) is 14.1 Å². The Balaban J connectivity index is 2.42. The molecule has 1 heterocycles. The molecular formula is C14H19N3O3S. The Bertz CT molecular complexity index is 838. The van der Waals surface area contributed by atoms with Gasteiger partial charge in [-0.15, -0.1) is 0 Å². The summed E-state index contributed by atoms with van der Waals surface area (Å²) in [6.07, 6.45) is 0. The lowest BCUT2D eigenvalue weighted by molar-refractivity contribution is 0.505. The van der Waals surface area contributed by atoms with Gasteiger partial charge in [0.1, 0.15) is 0 Å². The van der Waals surface area contributed by atoms with Crippen LogP contribution >= 0.6 is 0 Å². The van der Waals surface area contributed by atoms with Crippen molar-refractivity contribution in [3.05, 3.63) is 45.2 Å². The highest BCUT2D eigenvalue weighted by atomic mass is 32.2. The van der Waals surface area contributed by atoms with Crippen LogP contribution in [-0.4, -0.2) is 31.8 Å². The number of aryl methyl sites for hydroxylation is 2. The molecule has 7 heteroatoms. The summed E-state index contributed by atoms with van der Waals surface area (Å²) in [4.78, 5) is 14.9. The van der Waals surface area contributed by atoms with Crippen molar-refractivity contribution in [2.45, 2.75) is 20.4 Å². The molecule has 1 aromatic heterocycles. The van der Waals surface area contributed by atoms with Crippen LogP contribution in [0.1, 0.15) is 16.7 Å². The lowest BCUT2D eigenvalue weighted by atomic mass is 10.1. The van der Waals surface area contributed by atoms with E-state index in [9.17, 15) is 13.2 Å². The van der Waals surface area contributed by atoms with E-state index in [0.29, 0.717) is 5.56 Å². The van der Waals surface area contributed by atoms with E-state index in [1.54, 1.807) is 6.07 Å². The fourth-order valence-electron chi connectivity index (χ4n) is 2.16. The van der Waals surface area contributed by atoms with Crippen LogP contribution in [0.2, 0.25) is 0 Å². The molecular weight excluding hydrogens is 290 g/mol. The maximum Gasteiger partial charge on any atom is 0.279 e. The first-order chi connectivity index (χ1) is 9.70. The first kappa shape index (κ1) is 15.7. The average molecular weight is 309 g/mol. The van der Waals surface area contributed by atoms with E-state index in [2.05, 4.69) is 9.71 Å². The summed E-state index contributed by atoms with van der Waals surface area (Å²) in [5, 5.41) is 0.895. The van der Waals surface area contributed by atoms with Gasteiger partial charge in [0, 0.05) is 26.2 Å². The van der Waals surface area contributed by atoms with Gasteiger partial charge >= 0.3 is 0 Å². The third-order valence-electron chi connectivity index (χ3n) is 3.30. The van der Waals surface area contributed by atoms with E-state index in [0.717, 1.165) is 26.3 Å². The molecule has 6 nitrogen and oxygen atoms in total. The second kappa shape index (κ2) is 5.59. The number of hydrogen-bond acceptors (Lipinski definition) is 3. The van der Waals surface area contributed by atoms with Gasteiger partial charge in [0.2, 0.25) is 0 Å². The molecule has 0 spiro atoms. The zero-order chi connectivity index (χ0) is 15.8. The zero-order valence-electron chi connectivity index (χ0n) is 12.5. The Morgan fingerprint density at radius 3 is 2.48 bits per heavy atom. The van der Waals surface area contributed by atoms with E-state index in [1.807, 2.05) is 26.0 Å². The molecule has 0 radical (unpaired) electrons. The molecule has 2 N–H and O–H groups in total. The van der Waals surface area contributed by atoms with Gasteiger partial charge in [0.15, 0.2) is 0 Å². The van der Waals surface area contributed by atoms with Gasteiger partial charge in [-0.3, -0.25) is 4.79 Å². The second-order valence-corrected chi connectivity index (χ2v) is 7.25. The van der Waals surface area contributed by atoms with Crippen molar-refractivity contribution < 1.29 is 8.42 Å². The van der Waals surface area contributed by atoms with Crippen LogP contribution in [0.25, 0.3) is 10.9 Å². The molecule has 0 fully saturated rings. The molecule has 1 aromatic carbocycles. The number of rotatable bonds is 4. The maximum atomic E-state index is 12.1. The Kier molecular flexibility index (Phi) is 4.18. The average Bonchev–Trinajstić information content (AvgIpc) is 2.37. The molecule has 0 aliphatic heterocycles. The van der Waals surface area contributed by atoms with Crippen LogP contribution in [0.3, 0.4) is 0 Å². The third-order valence-corrected chi connectivity index (χ3v) is 4.77. The molecule has 0 unspecified atom stereocenters. The molecule has 21 heavy (non-hydrogen) atoms. The number of fused-ring (bicyclic) bond motifs is 1. The van der Waals surface area contributed by atoms with Crippen molar-refractivity contribution >= 4 is 21.1 Å². The Morgan fingerprint density at radius 2 is 1.86 bits per heavy atom. The van der Waals surface area contributed by atoms with Crippen LogP contribution in [0.5, 0.6) is 0 Å². The Labute approximate surface area is 124 Å². The molecule has 0 aliphatic rings. The van der Waals surface area contributed by atoms with Crippen LogP contribution < -0.4 is 10.3 Å². The number of pyridine rings is 1. The predicted molar refractivity (Wildman–Crippen MR) is 83.5 cm³/mol. The van der Waals surface area contributed by atoms with Crippen LogP contribution in [0.4, 0.5) is 0 Å². The summed E-state index contributed by atoms with van der Waals surface area (Å²) in [6.45, 7) is 3.87. The molecule has 0 saturated carbocycles. The summed E-state index contributed by atoms with van der Waals surface area (Å²) in [5.74, 6) is 0. The lowest BCUT2D eigenvalue weighted by Crippen LogP contribution is -2.36. The van der Waals surface area contributed by atoms with Gasteiger partial charge < -0.3 is 4.98 Å². The minimum atomic E-state index is -3.55. The topological polar surface area (TPSA) is 82.3 Å². The summed E-state index contributed by atoms with van der Waals surface area (Å²) < 4.78 is 26.8. The van der Waals surface area contributed by atoms with Gasteiger partial charge in [0.25, 0.3) is 15.8 Å². The number of hydrogen-bond donors (Lipinski definition) is 2. The smallest absolute Gasteiger partial charge is 0.279 e.